The first-order valence-corrected chi connectivity index (χ1v) is 7.53. The highest BCUT2D eigenvalue weighted by Crippen LogP contribution is 2.09. The van der Waals surface area contributed by atoms with Gasteiger partial charge in [0.05, 0.1) is 44.2 Å². The highest BCUT2D eigenvalue weighted by atomic mass is 32.2. The van der Waals surface area contributed by atoms with Crippen LogP contribution in [0.2, 0.25) is 0 Å². The van der Waals surface area contributed by atoms with Crippen LogP contribution in [0.4, 0.5) is 0 Å². The lowest BCUT2D eigenvalue weighted by Crippen LogP contribution is -2.37. The Bertz CT molecular complexity index is 551. The molecule has 1 N–H and O–H groups in total. The summed E-state index contributed by atoms with van der Waals surface area (Å²) in [5.74, 6) is 0. The van der Waals surface area contributed by atoms with Crippen LogP contribution in [-0.2, 0) is 10.0 Å². The molecule has 0 fully saturated rings. The van der Waals surface area contributed by atoms with Gasteiger partial charge >= 0.3 is 0 Å². The molecule has 19 heavy (non-hydrogen) atoms. The molecular weight excluding hydrogens is 262 g/mol. The van der Waals surface area contributed by atoms with Gasteiger partial charge in [0, 0.05) is 13.0 Å². The fourth-order valence-corrected chi connectivity index (χ4v) is 2.63. The summed E-state index contributed by atoms with van der Waals surface area (Å²) in [5, 5.41) is 8.66. The lowest BCUT2D eigenvalue weighted by Gasteiger charge is -2.23. The molecule has 0 aliphatic rings. The van der Waals surface area contributed by atoms with Gasteiger partial charge in [0.1, 0.15) is 0 Å². The third kappa shape index (κ3) is 5.39. The Morgan fingerprint density at radius 1 is 1.21 bits per heavy atom. The van der Waals surface area contributed by atoms with E-state index in [4.69, 9.17) is 5.26 Å². The molecule has 0 radical (unpaired) electrons. The summed E-state index contributed by atoms with van der Waals surface area (Å²) in [6, 6.07) is 7.85. The summed E-state index contributed by atoms with van der Waals surface area (Å²) in [4.78, 5) is 0.191. The quantitative estimate of drug-likeness (QED) is 0.623. The topological polar surface area (TPSA) is 70.0 Å². The van der Waals surface area contributed by atoms with Crippen molar-refractivity contribution in [3.05, 3.63) is 29.8 Å². The Kier molecular flexibility index (Phi) is 5.06. The summed E-state index contributed by atoms with van der Waals surface area (Å²) in [6.45, 7) is 1.31. The van der Waals surface area contributed by atoms with Crippen molar-refractivity contribution < 1.29 is 12.9 Å². The lowest BCUT2D eigenvalue weighted by atomic mass is 10.2. The van der Waals surface area contributed by atoms with Crippen molar-refractivity contribution >= 4 is 10.0 Å². The molecule has 5 nitrogen and oxygen atoms in total. The van der Waals surface area contributed by atoms with Crippen LogP contribution in [0.25, 0.3) is 0 Å². The molecule has 0 saturated carbocycles. The van der Waals surface area contributed by atoms with Gasteiger partial charge in [-0.3, -0.25) is 0 Å². The van der Waals surface area contributed by atoms with Gasteiger partial charge in [-0.1, -0.05) is 0 Å². The summed E-state index contributed by atoms with van der Waals surface area (Å²) in [6.07, 6.45) is 0.777. The first-order valence-electron chi connectivity index (χ1n) is 6.05. The zero-order valence-corrected chi connectivity index (χ0v) is 12.4. The molecule has 6 heteroatoms. The van der Waals surface area contributed by atoms with Crippen LogP contribution >= 0.6 is 0 Å². The van der Waals surface area contributed by atoms with Gasteiger partial charge in [-0.2, -0.15) is 5.26 Å². The van der Waals surface area contributed by atoms with E-state index >= 15 is 0 Å². The maximum atomic E-state index is 12.0. The molecule has 0 atom stereocenters. The second-order valence-electron chi connectivity index (χ2n) is 5.40. The first kappa shape index (κ1) is 15.6. The Hall–Kier alpha value is -1.42. The number of benzene rings is 1. The van der Waals surface area contributed by atoms with Crippen LogP contribution in [0.3, 0.4) is 0 Å². The molecule has 0 amide bonds. The second-order valence-corrected chi connectivity index (χ2v) is 7.17. The third-order valence-corrected chi connectivity index (χ3v) is 4.07. The SMILES string of the molecule is C[N+](C)(C)CCCNS(=O)(=O)c1ccc(C#N)cc1. The van der Waals surface area contributed by atoms with Gasteiger partial charge in [0.15, 0.2) is 0 Å². The highest BCUT2D eigenvalue weighted by Gasteiger charge is 2.14. The fraction of sp³-hybridized carbons (Fsp3) is 0.462. The Balaban J connectivity index is 2.59. The van der Waals surface area contributed by atoms with Crippen molar-refractivity contribution in [2.75, 3.05) is 34.2 Å². The molecule has 1 aromatic carbocycles. The summed E-state index contributed by atoms with van der Waals surface area (Å²) >= 11 is 0. The molecule has 0 aromatic heterocycles. The van der Waals surface area contributed by atoms with Crippen molar-refractivity contribution in [1.29, 1.82) is 5.26 Å². The van der Waals surface area contributed by atoms with E-state index < -0.39 is 10.0 Å². The van der Waals surface area contributed by atoms with Crippen LogP contribution in [0.1, 0.15) is 12.0 Å². The van der Waals surface area contributed by atoms with E-state index in [0.29, 0.717) is 12.1 Å². The standard InChI is InChI=1S/C13H20N3O2S/c1-16(2,3)10-4-9-15-19(17,18)13-7-5-12(11-14)6-8-13/h5-8,15H,4,9-10H2,1-3H3/q+1. The smallest absolute Gasteiger partial charge is 0.240 e. The van der Waals surface area contributed by atoms with Crippen LogP contribution < -0.4 is 4.72 Å². The van der Waals surface area contributed by atoms with Crippen LogP contribution in [0.15, 0.2) is 29.2 Å². The number of hydrogen-bond acceptors (Lipinski definition) is 3. The summed E-state index contributed by atoms with van der Waals surface area (Å²) < 4.78 is 27.3. The van der Waals surface area contributed by atoms with Gasteiger partial charge in [0.25, 0.3) is 0 Å². The van der Waals surface area contributed by atoms with Crippen LogP contribution in [0.5, 0.6) is 0 Å². The number of hydrogen-bond donors (Lipinski definition) is 1. The minimum absolute atomic E-state index is 0.191. The minimum Gasteiger partial charge on any atom is -0.331 e. The molecule has 0 bridgehead atoms. The van der Waals surface area contributed by atoms with E-state index in [-0.39, 0.29) is 4.90 Å². The van der Waals surface area contributed by atoms with Crippen molar-refractivity contribution in [3.63, 3.8) is 0 Å². The largest absolute Gasteiger partial charge is 0.331 e. The second kappa shape index (κ2) is 6.15. The normalized spacial score (nSPS) is 12.1. The Morgan fingerprint density at radius 2 is 1.79 bits per heavy atom. The molecule has 104 valence electrons. The predicted octanol–water partition coefficient (Wildman–Crippen LogP) is 0.933. The highest BCUT2D eigenvalue weighted by molar-refractivity contribution is 7.89. The van der Waals surface area contributed by atoms with Crippen molar-refractivity contribution in [1.82, 2.24) is 4.72 Å². The van der Waals surface area contributed by atoms with Crippen molar-refractivity contribution in [2.45, 2.75) is 11.3 Å². The summed E-state index contributed by atoms with van der Waals surface area (Å²) in [7, 11) is 2.72. The molecular formula is C13H20N3O2S+. The maximum absolute atomic E-state index is 12.0. The third-order valence-electron chi connectivity index (χ3n) is 2.59. The molecule has 0 saturated heterocycles. The number of nitrogens with zero attached hydrogens (tertiary/aromatic N) is 2. The number of quaternary nitrogens is 1. The molecule has 0 spiro atoms. The average Bonchev–Trinajstić information content (AvgIpc) is 2.34. The fourth-order valence-electron chi connectivity index (χ4n) is 1.55. The number of sulfonamides is 1. The molecule has 0 aliphatic carbocycles. The van der Waals surface area contributed by atoms with Crippen LogP contribution in [-0.4, -0.2) is 47.1 Å². The Morgan fingerprint density at radius 3 is 2.26 bits per heavy atom. The summed E-state index contributed by atoms with van der Waals surface area (Å²) in [5.41, 5.74) is 0.448. The van der Waals surface area contributed by atoms with E-state index in [2.05, 4.69) is 25.9 Å². The average molecular weight is 282 g/mol. The predicted molar refractivity (Wildman–Crippen MR) is 73.9 cm³/mol. The van der Waals surface area contributed by atoms with E-state index in [1.165, 1.54) is 24.3 Å². The molecule has 0 heterocycles. The first-order chi connectivity index (χ1) is 8.74. The molecule has 1 aromatic rings. The molecule has 0 aliphatic heterocycles. The van der Waals surface area contributed by atoms with E-state index in [9.17, 15) is 8.42 Å². The Labute approximate surface area is 115 Å². The van der Waals surface area contributed by atoms with E-state index in [0.717, 1.165) is 17.4 Å². The number of nitriles is 1. The number of nitrogens with one attached hydrogen (secondary N) is 1. The minimum atomic E-state index is -3.47. The van der Waals surface area contributed by atoms with Gasteiger partial charge in [-0.25, -0.2) is 13.1 Å². The monoisotopic (exact) mass is 282 g/mol. The van der Waals surface area contributed by atoms with Crippen molar-refractivity contribution in [2.24, 2.45) is 0 Å². The number of rotatable bonds is 6. The van der Waals surface area contributed by atoms with Crippen LogP contribution in [0, 0.1) is 11.3 Å². The zero-order chi connectivity index (χ0) is 14.5. The molecule has 0 unspecified atom stereocenters. The molecule has 1 rings (SSSR count). The van der Waals surface area contributed by atoms with Gasteiger partial charge < -0.3 is 4.48 Å². The zero-order valence-electron chi connectivity index (χ0n) is 11.5. The van der Waals surface area contributed by atoms with Crippen molar-refractivity contribution in [3.8, 4) is 6.07 Å². The maximum Gasteiger partial charge on any atom is 0.240 e. The van der Waals surface area contributed by atoms with Gasteiger partial charge in [-0.15, -0.1) is 0 Å². The lowest BCUT2D eigenvalue weighted by molar-refractivity contribution is -0.870. The van der Waals surface area contributed by atoms with E-state index in [1.54, 1.807) is 0 Å². The van der Waals surface area contributed by atoms with Gasteiger partial charge in [0.2, 0.25) is 10.0 Å². The van der Waals surface area contributed by atoms with E-state index in [1.807, 2.05) is 6.07 Å². The van der Waals surface area contributed by atoms with Gasteiger partial charge in [-0.05, 0) is 24.3 Å².